The molecule has 4 rings (SSSR count). The van der Waals surface area contributed by atoms with Gasteiger partial charge in [-0.05, 0) is 59.2 Å². The van der Waals surface area contributed by atoms with Crippen LogP contribution in [0.25, 0.3) is 22.4 Å². The third kappa shape index (κ3) is 5.05. The fourth-order valence-electron chi connectivity index (χ4n) is 3.67. The molecule has 0 spiro atoms. The van der Waals surface area contributed by atoms with Gasteiger partial charge in [-0.25, -0.2) is 0 Å². The van der Waals surface area contributed by atoms with Crippen molar-refractivity contribution in [2.45, 2.75) is 13.5 Å². The molecule has 0 aromatic heterocycles. The molecule has 0 aliphatic heterocycles. The summed E-state index contributed by atoms with van der Waals surface area (Å²) in [5.41, 5.74) is 3.08. The number of nitrogens with zero attached hydrogens (tertiary/aromatic N) is 2. The number of hydrogen-bond acceptors (Lipinski definition) is 5. The zero-order chi connectivity index (χ0) is 23.9. The third-order valence-corrected chi connectivity index (χ3v) is 5.32. The lowest BCUT2D eigenvalue weighted by atomic mass is 9.97. The summed E-state index contributed by atoms with van der Waals surface area (Å²) >= 11 is 0. The van der Waals surface area contributed by atoms with E-state index in [1.165, 1.54) is 12.1 Å². The van der Waals surface area contributed by atoms with Crippen LogP contribution in [0.4, 0.5) is 5.69 Å². The number of rotatable bonds is 8. The Labute approximate surface area is 197 Å². The second kappa shape index (κ2) is 10.3. The number of allylic oxidation sites excluding steroid dienone is 1. The molecule has 0 bridgehead atoms. The molecular formula is C28H22N2O4. The van der Waals surface area contributed by atoms with Crippen LogP contribution in [0.5, 0.6) is 11.5 Å². The van der Waals surface area contributed by atoms with Gasteiger partial charge in [-0.1, -0.05) is 48.5 Å². The molecule has 4 aromatic rings. The Morgan fingerprint density at radius 2 is 1.74 bits per heavy atom. The van der Waals surface area contributed by atoms with Gasteiger partial charge in [-0.2, -0.15) is 5.26 Å². The van der Waals surface area contributed by atoms with Crippen LogP contribution in [0.15, 0.2) is 84.9 Å². The fourth-order valence-corrected chi connectivity index (χ4v) is 3.67. The zero-order valence-electron chi connectivity index (χ0n) is 18.6. The second-order valence-corrected chi connectivity index (χ2v) is 7.55. The smallest absolute Gasteiger partial charge is 0.269 e. The molecular weight excluding hydrogens is 428 g/mol. The first-order valence-corrected chi connectivity index (χ1v) is 10.8. The molecule has 6 heteroatoms. The Balaban J connectivity index is 1.60. The topological polar surface area (TPSA) is 85.4 Å². The minimum absolute atomic E-state index is 0.0365. The number of ether oxygens (including phenoxy) is 2. The highest BCUT2D eigenvalue weighted by atomic mass is 16.6. The van der Waals surface area contributed by atoms with E-state index in [4.69, 9.17) is 9.47 Å². The highest BCUT2D eigenvalue weighted by Crippen LogP contribution is 2.32. The van der Waals surface area contributed by atoms with Crippen LogP contribution in [0, 0.1) is 21.4 Å². The molecule has 0 unspecified atom stereocenters. The van der Waals surface area contributed by atoms with Gasteiger partial charge in [0.15, 0.2) is 11.5 Å². The first-order chi connectivity index (χ1) is 16.6. The molecule has 34 heavy (non-hydrogen) atoms. The number of nitro groups is 1. The molecule has 6 nitrogen and oxygen atoms in total. The van der Waals surface area contributed by atoms with Crippen molar-refractivity contribution in [2.24, 2.45) is 0 Å². The van der Waals surface area contributed by atoms with Crippen LogP contribution < -0.4 is 9.47 Å². The molecule has 0 N–H and O–H groups in total. The van der Waals surface area contributed by atoms with E-state index in [-0.39, 0.29) is 12.3 Å². The Morgan fingerprint density at radius 3 is 2.47 bits per heavy atom. The van der Waals surface area contributed by atoms with E-state index in [1.54, 1.807) is 18.2 Å². The first kappa shape index (κ1) is 22.6. The van der Waals surface area contributed by atoms with Gasteiger partial charge in [0.05, 0.1) is 23.2 Å². The summed E-state index contributed by atoms with van der Waals surface area (Å²) in [6.45, 7) is 2.58. The normalized spacial score (nSPS) is 11.1. The van der Waals surface area contributed by atoms with Crippen LogP contribution in [-0.4, -0.2) is 11.5 Å². The predicted octanol–water partition coefficient (Wildman–Crippen LogP) is 6.79. The van der Waals surface area contributed by atoms with Crippen LogP contribution in [-0.2, 0) is 6.61 Å². The lowest BCUT2D eigenvalue weighted by Crippen LogP contribution is -2.00. The molecule has 0 atom stereocenters. The van der Waals surface area contributed by atoms with Gasteiger partial charge in [0, 0.05) is 17.7 Å². The van der Waals surface area contributed by atoms with E-state index in [9.17, 15) is 15.4 Å². The number of nitro benzene ring substituents is 1. The van der Waals surface area contributed by atoms with Gasteiger partial charge < -0.3 is 9.47 Å². The van der Waals surface area contributed by atoms with E-state index in [0.717, 1.165) is 27.5 Å². The second-order valence-electron chi connectivity index (χ2n) is 7.55. The van der Waals surface area contributed by atoms with Crippen LogP contribution in [0.2, 0.25) is 0 Å². The van der Waals surface area contributed by atoms with E-state index in [2.05, 4.69) is 6.07 Å². The van der Waals surface area contributed by atoms with Crippen LogP contribution in [0.3, 0.4) is 0 Å². The minimum Gasteiger partial charge on any atom is -0.490 e. The maximum atomic E-state index is 10.8. The number of benzene rings is 4. The minimum atomic E-state index is -0.433. The average molecular weight is 450 g/mol. The molecule has 0 saturated heterocycles. The summed E-state index contributed by atoms with van der Waals surface area (Å²) in [4.78, 5) is 10.4. The van der Waals surface area contributed by atoms with Crippen molar-refractivity contribution in [1.29, 1.82) is 5.26 Å². The summed E-state index contributed by atoms with van der Waals surface area (Å²) in [7, 11) is 0. The maximum Gasteiger partial charge on any atom is 0.269 e. The molecule has 0 radical (unpaired) electrons. The molecule has 0 fully saturated rings. The maximum absolute atomic E-state index is 10.8. The SMILES string of the molecule is CCOc1cc(/C=C(/C#N)c2cccc3ccccc23)ccc1OCc1ccc([N+](=O)[O-])cc1. The largest absolute Gasteiger partial charge is 0.490 e. The highest BCUT2D eigenvalue weighted by Gasteiger charge is 2.10. The number of non-ortho nitro benzene ring substituents is 1. The van der Waals surface area contributed by atoms with Gasteiger partial charge in [0.1, 0.15) is 6.61 Å². The highest BCUT2D eigenvalue weighted by molar-refractivity contribution is 6.01. The molecule has 0 saturated carbocycles. The standard InChI is InChI=1S/C28H22N2O4/c1-2-33-28-17-21(12-15-27(28)34-19-20-10-13-24(14-11-20)30(31)32)16-23(18-29)26-9-5-7-22-6-3-4-8-25(22)26/h3-17H,2,19H2,1H3/b23-16-. The number of nitriles is 1. The Bertz CT molecular complexity index is 1400. The van der Waals surface area contributed by atoms with Gasteiger partial charge in [0.2, 0.25) is 0 Å². The van der Waals surface area contributed by atoms with Gasteiger partial charge >= 0.3 is 0 Å². The van der Waals surface area contributed by atoms with Crippen LogP contribution in [0.1, 0.15) is 23.6 Å². The van der Waals surface area contributed by atoms with Crippen molar-refractivity contribution in [1.82, 2.24) is 0 Å². The first-order valence-electron chi connectivity index (χ1n) is 10.8. The van der Waals surface area contributed by atoms with E-state index < -0.39 is 4.92 Å². The summed E-state index contributed by atoms with van der Waals surface area (Å²) in [6.07, 6.45) is 1.84. The predicted molar refractivity (Wildman–Crippen MR) is 132 cm³/mol. The third-order valence-electron chi connectivity index (χ3n) is 5.32. The van der Waals surface area contributed by atoms with E-state index in [0.29, 0.717) is 23.7 Å². The van der Waals surface area contributed by atoms with Gasteiger partial charge in [0.25, 0.3) is 5.69 Å². The monoisotopic (exact) mass is 450 g/mol. The van der Waals surface area contributed by atoms with E-state index in [1.807, 2.05) is 67.6 Å². The molecule has 0 aliphatic carbocycles. The lowest BCUT2D eigenvalue weighted by molar-refractivity contribution is -0.384. The fraction of sp³-hybridized carbons (Fsp3) is 0.107. The molecule has 0 aliphatic rings. The Morgan fingerprint density at radius 1 is 0.971 bits per heavy atom. The summed E-state index contributed by atoms with van der Waals surface area (Å²) < 4.78 is 11.7. The zero-order valence-corrected chi connectivity index (χ0v) is 18.6. The van der Waals surface area contributed by atoms with Crippen molar-refractivity contribution in [3.05, 3.63) is 112 Å². The Hall–Kier alpha value is -4.63. The summed E-state index contributed by atoms with van der Waals surface area (Å²) in [5, 5.41) is 22.8. The van der Waals surface area contributed by atoms with Crippen molar-refractivity contribution in [3.63, 3.8) is 0 Å². The van der Waals surface area contributed by atoms with Crippen molar-refractivity contribution in [3.8, 4) is 17.6 Å². The number of fused-ring (bicyclic) bond motifs is 1. The lowest BCUT2D eigenvalue weighted by Gasteiger charge is -2.13. The summed E-state index contributed by atoms with van der Waals surface area (Å²) in [6, 6.07) is 28.0. The van der Waals surface area contributed by atoms with Crippen LogP contribution >= 0.6 is 0 Å². The van der Waals surface area contributed by atoms with Crippen molar-refractivity contribution in [2.75, 3.05) is 6.61 Å². The molecule has 0 heterocycles. The van der Waals surface area contributed by atoms with Crippen molar-refractivity contribution < 1.29 is 14.4 Å². The Kier molecular flexibility index (Phi) is 6.85. The quantitative estimate of drug-likeness (QED) is 0.128. The van der Waals surface area contributed by atoms with Gasteiger partial charge in [-0.15, -0.1) is 0 Å². The molecule has 168 valence electrons. The molecule has 4 aromatic carbocycles. The average Bonchev–Trinajstić information content (AvgIpc) is 2.87. The summed E-state index contributed by atoms with van der Waals surface area (Å²) in [5.74, 6) is 1.12. The van der Waals surface area contributed by atoms with Gasteiger partial charge in [-0.3, -0.25) is 10.1 Å². The molecule has 0 amide bonds. The van der Waals surface area contributed by atoms with Crippen molar-refractivity contribution >= 4 is 28.1 Å². The number of hydrogen-bond donors (Lipinski definition) is 0. The van der Waals surface area contributed by atoms with E-state index >= 15 is 0 Å².